The summed E-state index contributed by atoms with van der Waals surface area (Å²) in [6.07, 6.45) is 6.78. The van der Waals surface area contributed by atoms with Gasteiger partial charge in [-0.1, -0.05) is 40.0 Å². The van der Waals surface area contributed by atoms with Gasteiger partial charge in [-0.15, -0.1) is 0 Å². The quantitative estimate of drug-likeness (QED) is 0.588. The topological polar surface area (TPSA) is 23.8 Å². The van der Waals surface area contributed by atoms with Crippen molar-refractivity contribution in [2.75, 3.05) is 0 Å². The molecule has 0 fully saturated rings. The summed E-state index contributed by atoms with van der Waals surface area (Å²) >= 11 is 0. The van der Waals surface area contributed by atoms with Gasteiger partial charge in [0.15, 0.2) is 0 Å². The van der Waals surface area contributed by atoms with Gasteiger partial charge in [-0.05, 0) is 18.3 Å². The zero-order valence-electron chi connectivity index (χ0n) is 8.69. The molecular formula is C11H21N. The van der Waals surface area contributed by atoms with Gasteiger partial charge in [-0.25, -0.2) is 0 Å². The Hall–Kier alpha value is -0.510. The summed E-state index contributed by atoms with van der Waals surface area (Å²) < 4.78 is 0. The van der Waals surface area contributed by atoms with E-state index in [1.165, 1.54) is 25.7 Å². The van der Waals surface area contributed by atoms with Gasteiger partial charge in [-0.3, -0.25) is 0 Å². The highest BCUT2D eigenvalue weighted by atomic mass is 14.3. The zero-order chi connectivity index (χ0) is 9.45. The molecule has 0 aliphatic rings. The van der Waals surface area contributed by atoms with Gasteiger partial charge in [0.25, 0.3) is 0 Å². The minimum atomic E-state index is 0.463. The Morgan fingerprint density at radius 3 is 2.00 bits per heavy atom. The molecule has 0 aliphatic carbocycles. The van der Waals surface area contributed by atoms with Crippen LogP contribution in [0.4, 0.5) is 0 Å². The van der Waals surface area contributed by atoms with Crippen LogP contribution in [-0.4, -0.2) is 0 Å². The second-order valence-electron chi connectivity index (χ2n) is 3.62. The van der Waals surface area contributed by atoms with Crippen LogP contribution >= 0.6 is 0 Å². The molecule has 0 saturated carbocycles. The molecule has 0 heterocycles. The minimum absolute atomic E-state index is 0.463. The molecule has 0 saturated heterocycles. The summed E-state index contributed by atoms with van der Waals surface area (Å²) in [6, 6.07) is 2.25. The second-order valence-corrected chi connectivity index (χ2v) is 3.62. The highest BCUT2D eigenvalue weighted by Gasteiger charge is 2.23. The third kappa shape index (κ3) is 3.26. The van der Waals surface area contributed by atoms with Crippen LogP contribution in [0.2, 0.25) is 0 Å². The van der Waals surface area contributed by atoms with Gasteiger partial charge in [0.05, 0.1) is 6.07 Å². The molecule has 0 bridgehead atoms. The summed E-state index contributed by atoms with van der Waals surface area (Å²) in [6.45, 7) is 6.72. The Balaban J connectivity index is 4.06. The number of nitriles is 1. The van der Waals surface area contributed by atoms with Gasteiger partial charge < -0.3 is 0 Å². The maximum Gasteiger partial charge on any atom is 0.0621 e. The van der Waals surface area contributed by atoms with Crippen LogP contribution in [0, 0.1) is 16.7 Å². The van der Waals surface area contributed by atoms with Gasteiger partial charge in [-0.2, -0.15) is 5.26 Å². The first-order chi connectivity index (χ1) is 5.74. The summed E-state index contributed by atoms with van der Waals surface area (Å²) in [4.78, 5) is 0. The van der Waals surface area contributed by atoms with Gasteiger partial charge in [0.1, 0.15) is 0 Å². The monoisotopic (exact) mass is 167 g/mol. The van der Waals surface area contributed by atoms with Gasteiger partial charge in [0.2, 0.25) is 0 Å². The summed E-state index contributed by atoms with van der Waals surface area (Å²) in [5.74, 6) is 0. The van der Waals surface area contributed by atoms with Crippen molar-refractivity contribution in [3.63, 3.8) is 0 Å². The van der Waals surface area contributed by atoms with E-state index in [2.05, 4.69) is 26.8 Å². The molecule has 1 heteroatoms. The van der Waals surface area contributed by atoms with E-state index in [-0.39, 0.29) is 0 Å². The van der Waals surface area contributed by atoms with Gasteiger partial charge in [0, 0.05) is 6.42 Å². The van der Waals surface area contributed by atoms with Crippen LogP contribution in [0.25, 0.3) is 0 Å². The Bertz CT molecular complexity index is 140. The van der Waals surface area contributed by atoms with Crippen molar-refractivity contribution in [1.29, 1.82) is 5.26 Å². The summed E-state index contributed by atoms with van der Waals surface area (Å²) in [7, 11) is 0. The average Bonchev–Trinajstić information content (AvgIpc) is 2.13. The standard InChI is InChI=1S/C11H21N/c1-4-8-11(5-2,6-3)9-7-10-12/h4-9H2,1-3H3. The lowest BCUT2D eigenvalue weighted by Crippen LogP contribution is -2.18. The highest BCUT2D eigenvalue weighted by Crippen LogP contribution is 2.36. The molecular weight excluding hydrogens is 146 g/mol. The lowest BCUT2D eigenvalue weighted by Gasteiger charge is -2.30. The molecule has 0 unspecified atom stereocenters. The van der Waals surface area contributed by atoms with Crippen LogP contribution in [0.3, 0.4) is 0 Å². The zero-order valence-corrected chi connectivity index (χ0v) is 8.69. The van der Waals surface area contributed by atoms with Crippen molar-refractivity contribution in [2.45, 2.75) is 59.3 Å². The van der Waals surface area contributed by atoms with E-state index < -0.39 is 0 Å². The third-order valence-electron chi connectivity index (χ3n) is 3.05. The molecule has 0 aromatic carbocycles. The number of nitrogens with zero attached hydrogens (tertiary/aromatic N) is 1. The first-order valence-corrected chi connectivity index (χ1v) is 5.11. The average molecular weight is 167 g/mol. The van der Waals surface area contributed by atoms with Crippen molar-refractivity contribution in [3.05, 3.63) is 0 Å². The molecule has 70 valence electrons. The maximum absolute atomic E-state index is 8.54. The number of hydrogen-bond donors (Lipinski definition) is 0. The predicted molar refractivity (Wildman–Crippen MR) is 52.8 cm³/mol. The molecule has 0 spiro atoms. The molecule has 0 aromatic rings. The number of rotatable bonds is 6. The van der Waals surface area contributed by atoms with Crippen LogP contribution in [0.1, 0.15) is 59.3 Å². The minimum Gasteiger partial charge on any atom is -0.198 e. The highest BCUT2D eigenvalue weighted by molar-refractivity contribution is 4.81. The Morgan fingerprint density at radius 2 is 1.67 bits per heavy atom. The van der Waals surface area contributed by atoms with Crippen LogP contribution in [-0.2, 0) is 0 Å². The van der Waals surface area contributed by atoms with Crippen molar-refractivity contribution < 1.29 is 0 Å². The predicted octanol–water partition coefficient (Wildman–Crippen LogP) is 3.90. The molecule has 0 aromatic heterocycles. The van der Waals surface area contributed by atoms with Crippen molar-refractivity contribution in [2.24, 2.45) is 5.41 Å². The summed E-state index contributed by atoms with van der Waals surface area (Å²) in [5, 5.41) is 8.54. The Labute approximate surface area is 76.8 Å². The lowest BCUT2D eigenvalue weighted by molar-refractivity contribution is 0.219. The van der Waals surface area contributed by atoms with E-state index in [1.807, 2.05) is 0 Å². The van der Waals surface area contributed by atoms with E-state index >= 15 is 0 Å². The lowest BCUT2D eigenvalue weighted by atomic mass is 9.75. The Morgan fingerprint density at radius 1 is 1.08 bits per heavy atom. The van der Waals surface area contributed by atoms with Gasteiger partial charge >= 0.3 is 0 Å². The molecule has 0 aliphatic heterocycles. The SMILES string of the molecule is CCCC(CC)(CC)CCC#N. The van der Waals surface area contributed by atoms with E-state index in [4.69, 9.17) is 5.26 Å². The number of hydrogen-bond acceptors (Lipinski definition) is 1. The fourth-order valence-electron chi connectivity index (χ4n) is 1.93. The molecule has 0 radical (unpaired) electrons. The smallest absolute Gasteiger partial charge is 0.0621 e. The van der Waals surface area contributed by atoms with E-state index in [0.717, 1.165) is 12.8 Å². The fraction of sp³-hybridized carbons (Fsp3) is 0.909. The first kappa shape index (κ1) is 11.5. The normalized spacial score (nSPS) is 11.2. The van der Waals surface area contributed by atoms with Crippen molar-refractivity contribution in [3.8, 4) is 6.07 Å². The van der Waals surface area contributed by atoms with E-state index in [0.29, 0.717) is 5.41 Å². The van der Waals surface area contributed by atoms with Crippen molar-refractivity contribution >= 4 is 0 Å². The molecule has 0 N–H and O–H groups in total. The summed E-state index contributed by atoms with van der Waals surface area (Å²) in [5.41, 5.74) is 0.463. The molecule has 12 heavy (non-hydrogen) atoms. The Kier molecular flexibility index (Phi) is 5.80. The maximum atomic E-state index is 8.54. The van der Waals surface area contributed by atoms with E-state index in [1.54, 1.807) is 0 Å². The van der Waals surface area contributed by atoms with Crippen LogP contribution in [0.15, 0.2) is 0 Å². The second kappa shape index (κ2) is 6.06. The van der Waals surface area contributed by atoms with Crippen LogP contribution < -0.4 is 0 Å². The molecule has 0 atom stereocenters. The molecule has 1 nitrogen and oxygen atoms in total. The van der Waals surface area contributed by atoms with Crippen molar-refractivity contribution in [1.82, 2.24) is 0 Å². The fourth-order valence-corrected chi connectivity index (χ4v) is 1.93. The first-order valence-electron chi connectivity index (χ1n) is 5.11. The van der Waals surface area contributed by atoms with Crippen LogP contribution in [0.5, 0.6) is 0 Å². The molecule has 0 amide bonds. The third-order valence-corrected chi connectivity index (χ3v) is 3.05. The van der Waals surface area contributed by atoms with E-state index in [9.17, 15) is 0 Å². The largest absolute Gasteiger partial charge is 0.198 e. The molecule has 0 rings (SSSR count).